The van der Waals surface area contributed by atoms with Gasteiger partial charge in [-0.05, 0) is 43.0 Å². The monoisotopic (exact) mass is 398 g/mol. The molecule has 2 aromatic rings. The number of carbonyl (C=O) groups is 1. The number of nitrogens with zero attached hydrogens (tertiary/aromatic N) is 2. The van der Waals surface area contributed by atoms with Crippen LogP contribution in [0.2, 0.25) is 19.1 Å². The molecule has 8 heteroatoms. The predicted molar refractivity (Wildman–Crippen MR) is 100 cm³/mol. The zero-order chi connectivity index (χ0) is 19.6. The van der Waals surface area contributed by atoms with Gasteiger partial charge in [0, 0.05) is 27.7 Å². The van der Waals surface area contributed by atoms with Crippen LogP contribution in [-0.2, 0) is 28.9 Å². The molecule has 0 spiro atoms. The van der Waals surface area contributed by atoms with E-state index < -0.39 is 20.5 Å². The number of fused-ring (bicyclic) bond motifs is 1. The maximum Gasteiger partial charge on any atom is 0.416 e. The summed E-state index contributed by atoms with van der Waals surface area (Å²) in [6.07, 6.45) is -1.11. The van der Waals surface area contributed by atoms with Crippen LogP contribution in [0, 0.1) is 11.8 Å². The summed E-state index contributed by atoms with van der Waals surface area (Å²) in [5.74, 6) is 1.19. The summed E-state index contributed by atoms with van der Waals surface area (Å²) in [5.41, 5.74) is 0.307. The van der Waals surface area contributed by atoms with Crippen LogP contribution >= 0.6 is 0 Å². The molecular weight excluding hydrogens is 373 g/mol. The quantitative estimate of drug-likeness (QED) is 0.379. The zero-order valence-corrected chi connectivity index (χ0v) is 16.8. The molecule has 0 saturated heterocycles. The molecule has 4 nitrogen and oxygen atoms in total. The van der Waals surface area contributed by atoms with Crippen molar-refractivity contribution in [3.05, 3.63) is 29.6 Å². The summed E-state index contributed by atoms with van der Waals surface area (Å²) in [6, 6.07) is 4.73. The molecule has 0 amide bonds. The SMILES string of the molecule is C[SiH](C)CCOCn1c(CC2CC(C=O)C2)nc2cc(C(F)(F)F)ccc21. The molecule has 1 fully saturated rings. The van der Waals surface area contributed by atoms with Crippen molar-refractivity contribution in [2.75, 3.05) is 6.61 Å². The second kappa shape index (κ2) is 8.14. The Kier molecular flexibility index (Phi) is 6.05. The first-order chi connectivity index (χ1) is 12.8. The fourth-order valence-electron chi connectivity index (χ4n) is 3.45. The van der Waals surface area contributed by atoms with Gasteiger partial charge in [-0.2, -0.15) is 13.2 Å². The van der Waals surface area contributed by atoms with Gasteiger partial charge < -0.3 is 14.1 Å². The topological polar surface area (TPSA) is 44.1 Å². The third kappa shape index (κ3) is 4.79. The highest BCUT2D eigenvalue weighted by Crippen LogP contribution is 2.36. The van der Waals surface area contributed by atoms with Crippen LogP contribution in [0.3, 0.4) is 0 Å². The van der Waals surface area contributed by atoms with E-state index in [9.17, 15) is 18.0 Å². The van der Waals surface area contributed by atoms with Crippen molar-refractivity contribution in [3.63, 3.8) is 0 Å². The van der Waals surface area contributed by atoms with E-state index in [1.807, 2.05) is 4.57 Å². The van der Waals surface area contributed by atoms with Crippen molar-refractivity contribution in [1.82, 2.24) is 9.55 Å². The minimum atomic E-state index is -4.39. The highest BCUT2D eigenvalue weighted by Gasteiger charge is 2.32. The van der Waals surface area contributed by atoms with Gasteiger partial charge in [0.05, 0.1) is 16.6 Å². The number of benzene rings is 1. The third-order valence-corrected chi connectivity index (χ3v) is 6.54. The van der Waals surface area contributed by atoms with Gasteiger partial charge in [-0.1, -0.05) is 13.1 Å². The summed E-state index contributed by atoms with van der Waals surface area (Å²) in [7, 11) is -0.707. The minimum Gasteiger partial charge on any atom is -0.361 e. The Hall–Kier alpha value is -1.67. The number of hydrogen-bond donors (Lipinski definition) is 0. The Balaban J connectivity index is 1.83. The van der Waals surface area contributed by atoms with E-state index in [1.54, 1.807) is 0 Å². The van der Waals surface area contributed by atoms with Gasteiger partial charge >= 0.3 is 6.18 Å². The second-order valence-electron chi connectivity index (χ2n) is 7.81. The van der Waals surface area contributed by atoms with E-state index in [2.05, 4.69) is 18.1 Å². The number of ether oxygens (including phenoxy) is 1. The molecule has 148 valence electrons. The summed E-state index contributed by atoms with van der Waals surface area (Å²) in [5, 5.41) is 0. The van der Waals surface area contributed by atoms with Crippen molar-refractivity contribution in [2.45, 2.75) is 51.3 Å². The molecule has 0 bridgehead atoms. The fraction of sp³-hybridized carbons (Fsp3) is 0.579. The molecule has 27 heavy (non-hydrogen) atoms. The first-order valence-electron chi connectivity index (χ1n) is 9.37. The van der Waals surface area contributed by atoms with Gasteiger partial charge in [-0.25, -0.2) is 4.98 Å². The van der Waals surface area contributed by atoms with Crippen LogP contribution in [0.4, 0.5) is 13.2 Å². The molecule has 0 unspecified atom stereocenters. The van der Waals surface area contributed by atoms with E-state index in [-0.39, 0.29) is 5.92 Å². The van der Waals surface area contributed by atoms with E-state index in [0.29, 0.717) is 36.7 Å². The molecular formula is C19H25F3N2O2Si. The van der Waals surface area contributed by atoms with Gasteiger partial charge in [0.15, 0.2) is 0 Å². The van der Waals surface area contributed by atoms with Crippen LogP contribution in [0.5, 0.6) is 0 Å². The number of imidazole rings is 1. The van der Waals surface area contributed by atoms with Gasteiger partial charge in [-0.15, -0.1) is 0 Å². The molecule has 1 heterocycles. The van der Waals surface area contributed by atoms with E-state index in [1.165, 1.54) is 6.07 Å². The number of halogens is 3. The molecule has 0 N–H and O–H groups in total. The molecule has 3 rings (SSSR count). The van der Waals surface area contributed by atoms with Gasteiger partial charge in [0.2, 0.25) is 0 Å². The van der Waals surface area contributed by atoms with Gasteiger partial charge in [0.25, 0.3) is 0 Å². The Labute approximate surface area is 158 Å². The number of aromatic nitrogens is 2. The summed E-state index contributed by atoms with van der Waals surface area (Å²) < 4.78 is 46.7. The predicted octanol–water partition coefficient (Wildman–Crippen LogP) is 4.28. The van der Waals surface area contributed by atoms with Crippen molar-refractivity contribution >= 4 is 26.1 Å². The van der Waals surface area contributed by atoms with Crippen molar-refractivity contribution in [2.24, 2.45) is 11.8 Å². The van der Waals surface area contributed by atoms with Gasteiger partial charge in [-0.3, -0.25) is 0 Å². The lowest BCUT2D eigenvalue weighted by atomic mass is 9.74. The molecule has 1 saturated carbocycles. The zero-order valence-electron chi connectivity index (χ0n) is 15.6. The number of rotatable bonds is 8. The Morgan fingerprint density at radius 1 is 1.33 bits per heavy atom. The number of alkyl halides is 3. The molecule has 0 atom stereocenters. The Morgan fingerprint density at radius 2 is 2.07 bits per heavy atom. The third-order valence-electron chi connectivity index (χ3n) is 5.15. The number of carbonyl (C=O) groups excluding carboxylic acids is 1. The van der Waals surface area contributed by atoms with E-state index >= 15 is 0 Å². The second-order valence-corrected chi connectivity index (χ2v) is 11.2. The lowest BCUT2D eigenvalue weighted by Crippen LogP contribution is -2.27. The largest absolute Gasteiger partial charge is 0.416 e. The average molecular weight is 399 g/mol. The summed E-state index contributed by atoms with van der Waals surface area (Å²) in [4.78, 5) is 15.3. The maximum atomic E-state index is 13.0. The Bertz CT molecular complexity index is 798. The lowest BCUT2D eigenvalue weighted by Gasteiger charge is -2.31. The molecule has 1 aromatic heterocycles. The highest BCUT2D eigenvalue weighted by atomic mass is 28.3. The molecule has 1 aliphatic carbocycles. The van der Waals surface area contributed by atoms with Crippen LogP contribution in [0.15, 0.2) is 18.2 Å². The van der Waals surface area contributed by atoms with Gasteiger partial charge in [0.1, 0.15) is 18.8 Å². The lowest BCUT2D eigenvalue weighted by molar-refractivity contribution is -0.137. The van der Waals surface area contributed by atoms with Crippen molar-refractivity contribution in [3.8, 4) is 0 Å². The summed E-state index contributed by atoms with van der Waals surface area (Å²) in [6.45, 7) is 5.45. The maximum absolute atomic E-state index is 13.0. The average Bonchev–Trinajstić information content (AvgIpc) is 2.90. The first-order valence-corrected chi connectivity index (χ1v) is 12.5. The molecule has 0 aliphatic heterocycles. The molecule has 1 aliphatic rings. The van der Waals surface area contributed by atoms with Crippen LogP contribution < -0.4 is 0 Å². The fourth-order valence-corrected chi connectivity index (χ4v) is 4.09. The minimum absolute atomic E-state index is 0.108. The van der Waals surface area contributed by atoms with Crippen LogP contribution in [0.1, 0.15) is 24.2 Å². The van der Waals surface area contributed by atoms with E-state index in [4.69, 9.17) is 4.74 Å². The molecule has 1 aromatic carbocycles. The Morgan fingerprint density at radius 3 is 2.70 bits per heavy atom. The first kappa shape index (κ1) is 20.1. The van der Waals surface area contributed by atoms with Crippen LogP contribution in [0.25, 0.3) is 11.0 Å². The van der Waals surface area contributed by atoms with Crippen molar-refractivity contribution < 1.29 is 22.7 Å². The number of hydrogen-bond acceptors (Lipinski definition) is 3. The van der Waals surface area contributed by atoms with Crippen LogP contribution in [-0.4, -0.2) is 31.2 Å². The van der Waals surface area contributed by atoms with E-state index in [0.717, 1.165) is 43.1 Å². The highest BCUT2D eigenvalue weighted by molar-refractivity contribution is 6.55. The molecule has 0 radical (unpaired) electrons. The normalized spacial score (nSPS) is 20.2. The standard InChI is InChI=1S/C19H25F3N2O2Si/c1-27(2)6-5-26-12-24-17-4-3-15(19(20,21)22)10-16(17)23-18(24)9-13-7-14(8-13)11-25/h3-4,10-11,13-14,27H,5-9,12H2,1-2H3. The van der Waals surface area contributed by atoms with Crippen molar-refractivity contribution in [1.29, 1.82) is 0 Å². The summed E-state index contributed by atoms with van der Waals surface area (Å²) >= 11 is 0. The number of aldehydes is 1. The smallest absolute Gasteiger partial charge is 0.361 e.